The van der Waals surface area contributed by atoms with Gasteiger partial charge >= 0.3 is 0 Å². The number of hydrogen-bond donors (Lipinski definition) is 2. The molecule has 3 aromatic carbocycles. The lowest BCUT2D eigenvalue weighted by atomic mass is 10.2. The predicted molar refractivity (Wildman–Crippen MR) is 95.5 cm³/mol. The number of para-hydroxylation sites is 5. The summed E-state index contributed by atoms with van der Waals surface area (Å²) in [4.78, 5) is 5.09. The number of fused-ring (bicyclic) bond motifs is 3. The van der Waals surface area contributed by atoms with Gasteiger partial charge in [-0.05, 0) is 36.4 Å². The summed E-state index contributed by atoms with van der Waals surface area (Å²) in [5, 5.41) is 3.32. The Morgan fingerprint density at radius 1 is 0.625 bits per heavy atom. The summed E-state index contributed by atoms with van der Waals surface area (Å²) in [5.74, 6) is 2.64. The Balaban J connectivity index is 0.000000129. The van der Waals surface area contributed by atoms with Gasteiger partial charge in [-0.1, -0.05) is 42.5 Å². The lowest BCUT2D eigenvalue weighted by Gasteiger charge is -2.20. The third kappa shape index (κ3) is 2.90. The van der Waals surface area contributed by atoms with Gasteiger partial charge in [0.05, 0.1) is 11.4 Å². The summed E-state index contributed by atoms with van der Waals surface area (Å²) in [6, 6.07) is 23.7. The molecule has 24 heavy (non-hydrogen) atoms. The van der Waals surface area contributed by atoms with Crippen LogP contribution in [-0.2, 0) is 0 Å². The summed E-state index contributed by atoms with van der Waals surface area (Å²) in [5.41, 5.74) is 5.81. The number of hydroxylamine groups is 1. The Morgan fingerprint density at radius 2 is 1.21 bits per heavy atom. The van der Waals surface area contributed by atoms with Gasteiger partial charge in [-0.3, -0.25) is 0 Å². The van der Waals surface area contributed by atoms with Crippen molar-refractivity contribution in [1.29, 1.82) is 0 Å². The van der Waals surface area contributed by atoms with Crippen molar-refractivity contribution in [3.8, 4) is 17.2 Å². The number of nitrogens with one attached hydrogen (secondary N) is 2. The maximum absolute atomic E-state index is 5.71. The highest BCUT2D eigenvalue weighted by Gasteiger charge is 2.13. The van der Waals surface area contributed by atoms with Gasteiger partial charge < -0.3 is 14.9 Å². The molecule has 5 rings (SSSR count). The first-order valence-electron chi connectivity index (χ1n) is 7.71. The summed E-state index contributed by atoms with van der Waals surface area (Å²) < 4.78 is 5.71. The number of hydrogen-bond acceptors (Lipinski definition) is 4. The van der Waals surface area contributed by atoms with Crippen LogP contribution in [-0.4, -0.2) is 0 Å². The van der Waals surface area contributed by atoms with Gasteiger partial charge in [0.25, 0.3) is 0 Å². The zero-order chi connectivity index (χ0) is 16.2. The minimum atomic E-state index is 0.880. The van der Waals surface area contributed by atoms with Crippen molar-refractivity contribution in [2.45, 2.75) is 0 Å². The molecule has 2 heterocycles. The highest BCUT2D eigenvalue weighted by atomic mass is 16.6. The van der Waals surface area contributed by atoms with Gasteiger partial charge in [-0.25, -0.2) is 5.48 Å². The van der Waals surface area contributed by atoms with E-state index in [1.807, 2.05) is 78.9 Å². The van der Waals surface area contributed by atoms with Gasteiger partial charge in [0.1, 0.15) is 0 Å². The van der Waals surface area contributed by atoms with Gasteiger partial charge in [0.2, 0.25) is 0 Å². The second kappa shape index (κ2) is 6.38. The molecule has 0 saturated heterocycles. The summed E-state index contributed by atoms with van der Waals surface area (Å²) >= 11 is 0. The molecule has 0 aromatic heterocycles. The van der Waals surface area contributed by atoms with Crippen molar-refractivity contribution in [3.05, 3.63) is 84.6 Å². The fraction of sp³-hybridized carbons (Fsp3) is 0. The Hall–Kier alpha value is -3.40. The van der Waals surface area contributed by atoms with Crippen LogP contribution in [0, 0.1) is 0 Å². The van der Waals surface area contributed by atoms with E-state index in [2.05, 4.69) is 10.8 Å². The first-order valence-corrected chi connectivity index (χ1v) is 7.71. The third-order valence-electron chi connectivity index (χ3n) is 3.68. The van der Waals surface area contributed by atoms with Crippen molar-refractivity contribution in [2.24, 2.45) is 0 Å². The van der Waals surface area contributed by atoms with Crippen LogP contribution >= 0.6 is 0 Å². The molecule has 0 saturated carbocycles. The maximum atomic E-state index is 5.71. The molecular weight excluding hydrogens is 300 g/mol. The normalized spacial score (nSPS) is 12.5. The highest BCUT2D eigenvalue weighted by molar-refractivity contribution is 5.75. The second-order valence-electron chi connectivity index (χ2n) is 5.31. The first-order chi connectivity index (χ1) is 11.9. The first kappa shape index (κ1) is 14.2. The van der Waals surface area contributed by atoms with E-state index in [0.717, 1.165) is 34.2 Å². The Kier molecular flexibility index (Phi) is 3.78. The zero-order valence-electron chi connectivity index (χ0n) is 12.9. The Morgan fingerprint density at radius 3 is 1.88 bits per heavy atom. The number of ether oxygens (including phenoxy) is 1. The summed E-state index contributed by atoms with van der Waals surface area (Å²) in [6.45, 7) is 0. The van der Waals surface area contributed by atoms with E-state index in [0.29, 0.717) is 0 Å². The van der Waals surface area contributed by atoms with Crippen molar-refractivity contribution in [2.75, 3.05) is 5.32 Å². The quantitative estimate of drug-likeness (QED) is 0.474. The molecule has 4 nitrogen and oxygen atoms in total. The van der Waals surface area contributed by atoms with E-state index < -0.39 is 0 Å². The molecule has 2 aliphatic heterocycles. The van der Waals surface area contributed by atoms with Crippen molar-refractivity contribution < 1.29 is 9.57 Å². The van der Waals surface area contributed by atoms with E-state index in [-0.39, 0.29) is 0 Å². The van der Waals surface area contributed by atoms with Crippen LogP contribution in [0.15, 0.2) is 79.0 Å². The Bertz CT molecular complexity index is 803. The minimum Gasteiger partial charge on any atom is -0.453 e. The molecule has 4 heteroatoms. The van der Waals surface area contributed by atoms with Crippen molar-refractivity contribution >= 4 is 17.5 Å². The maximum Gasteiger partial charge on any atom is 0.162 e. The topological polar surface area (TPSA) is 42.5 Å². The predicted octanol–water partition coefficient (Wildman–Crippen LogP) is 5.09. The number of benzene rings is 3. The molecule has 0 spiro atoms. The summed E-state index contributed by atoms with van der Waals surface area (Å²) in [6.07, 6.45) is 3.74. The highest BCUT2D eigenvalue weighted by Crippen LogP contribution is 2.40. The van der Waals surface area contributed by atoms with Crippen LogP contribution in [0.1, 0.15) is 5.56 Å². The van der Waals surface area contributed by atoms with Gasteiger partial charge in [-0.15, -0.1) is 0 Å². The molecule has 2 N–H and O–H groups in total. The fourth-order valence-electron chi connectivity index (χ4n) is 2.51. The van der Waals surface area contributed by atoms with Crippen LogP contribution in [0.3, 0.4) is 0 Å². The van der Waals surface area contributed by atoms with E-state index >= 15 is 0 Å². The van der Waals surface area contributed by atoms with Crippen LogP contribution < -0.4 is 20.4 Å². The molecule has 118 valence electrons. The van der Waals surface area contributed by atoms with E-state index in [1.165, 1.54) is 0 Å². The monoisotopic (exact) mass is 316 g/mol. The zero-order valence-corrected chi connectivity index (χ0v) is 12.9. The average Bonchev–Trinajstić information content (AvgIpc) is 2.67. The van der Waals surface area contributed by atoms with E-state index in [4.69, 9.17) is 9.57 Å². The van der Waals surface area contributed by atoms with Crippen LogP contribution in [0.5, 0.6) is 17.2 Å². The molecule has 0 atom stereocenters. The molecule has 0 bridgehead atoms. The minimum absolute atomic E-state index is 0.880. The molecular formula is C20H16N2O2. The van der Waals surface area contributed by atoms with Crippen LogP contribution in [0.25, 0.3) is 6.08 Å². The standard InChI is InChI=1S/C12H9NO.C8H7NO/c1-3-7-11-9(5-1)13-10-6-2-4-8-12(10)14-11;1-2-4-8-7(3-1)5-6-9-10-8/h1-8,13H;1-6,9H. The lowest BCUT2D eigenvalue weighted by molar-refractivity contribution is 0.239. The molecule has 0 radical (unpaired) electrons. The molecule has 0 unspecified atom stereocenters. The molecule has 3 aromatic rings. The summed E-state index contributed by atoms with van der Waals surface area (Å²) in [7, 11) is 0. The van der Waals surface area contributed by atoms with E-state index in [1.54, 1.807) is 6.20 Å². The Labute approximate surface area is 140 Å². The molecule has 0 amide bonds. The number of rotatable bonds is 0. The lowest BCUT2D eigenvalue weighted by Crippen LogP contribution is -2.13. The van der Waals surface area contributed by atoms with Gasteiger partial charge in [-0.2, -0.15) is 0 Å². The average molecular weight is 316 g/mol. The van der Waals surface area contributed by atoms with Crippen LogP contribution in [0.2, 0.25) is 0 Å². The van der Waals surface area contributed by atoms with Gasteiger partial charge in [0.15, 0.2) is 17.2 Å². The third-order valence-corrected chi connectivity index (χ3v) is 3.68. The second-order valence-corrected chi connectivity index (χ2v) is 5.31. The largest absolute Gasteiger partial charge is 0.453 e. The molecule has 0 fully saturated rings. The SMILES string of the molecule is C1=Cc2ccccc2ON1.c1ccc2c(c1)Nc1ccccc1O2. The molecule has 0 aliphatic carbocycles. The van der Waals surface area contributed by atoms with Crippen LogP contribution in [0.4, 0.5) is 11.4 Å². The van der Waals surface area contributed by atoms with Crippen molar-refractivity contribution in [1.82, 2.24) is 5.48 Å². The smallest absolute Gasteiger partial charge is 0.162 e. The van der Waals surface area contributed by atoms with Gasteiger partial charge in [0, 0.05) is 11.8 Å². The van der Waals surface area contributed by atoms with E-state index in [9.17, 15) is 0 Å². The molecule has 2 aliphatic rings. The number of anilines is 2. The fourth-order valence-corrected chi connectivity index (χ4v) is 2.51. The van der Waals surface area contributed by atoms with Crippen molar-refractivity contribution in [3.63, 3.8) is 0 Å².